The molecule has 1 saturated heterocycles. The molecule has 0 radical (unpaired) electrons. The van der Waals surface area contributed by atoms with Gasteiger partial charge in [-0.15, -0.1) is 0 Å². The fourth-order valence-electron chi connectivity index (χ4n) is 3.78. The summed E-state index contributed by atoms with van der Waals surface area (Å²) in [4.78, 5) is 22.3. The van der Waals surface area contributed by atoms with Gasteiger partial charge >= 0.3 is 5.97 Å². The van der Waals surface area contributed by atoms with Crippen molar-refractivity contribution in [2.24, 2.45) is 0 Å². The molecule has 130 valence electrons. The van der Waals surface area contributed by atoms with E-state index in [-0.39, 0.29) is 6.54 Å². The van der Waals surface area contributed by atoms with Gasteiger partial charge in [-0.05, 0) is 24.8 Å². The molecule has 25 heavy (non-hydrogen) atoms. The Balaban J connectivity index is 1.64. The van der Waals surface area contributed by atoms with E-state index >= 15 is 0 Å². The summed E-state index contributed by atoms with van der Waals surface area (Å²) in [6, 6.07) is 9.95. The second-order valence-corrected chi connectivity index (χ2v) is 6.70. The first-order valence-corrected chi connectivity index (χ1v) is 8.66. The standard InChI is InChI=1S/C19H21N3O3/c23-16(24)13-22-9-7-19(8-10-22)17-15(6-11-25-19)12-20-18(21-17)14-4-2-1-3-5-14/h1-5,12H,6-11,13H2,(H,23,24). The van der Waals surface area contributed by atoms with Crippen molar-refractivity contribution in [1.82, 2.24) is 14.9 Å². The molecule has 6 nitrogen and oxygen atoms in total. The average Bonchev–Trinajstić information content (AvgIpc) is 2.64. The zero-order valence-electron chi connectivity index (χ0n) is 14.0. The highest BCUT2D eigenvalue weighted by Gasteiger charge is 2.42. The van der Waals surface area contributed by atoms with Crippen molar-refractivity contribution in [3.63, 3.8) is 0 Å². The summed E-state index contributed by atoms with van der Waals surface area (Å²) in [5, 5.41) is 8.99. The van der Waals surface area contributed by atoms with Crippen LogP contribution in [0.4, 0.5) is 0 Å². The van der Waals surface area contributed by atoms with Crippen molar-refractivity contribution < 1.29 is 14.6 Å². The maximum Gasteiger partial charge on any atom is 0.317 e. The minimum Gasteiger partial charge on any atom is -0.480 e. The molecule has 2 aromatic rings. The number of piperidine rings is 1. The third kappa shape index (κ3) is 3.15. The molecule has 1 spiro atoms. The van der Waals surface area contributed by atoms with Crippen LogP contribution in [0.5, 0.6) is 0 Å². The van der Waals surface area contributed by atoms with Gasteiger partial charge in [-0.3, -0.25) is 9.69 Å². The second-order valence-electron chi connectivity index (χ2n) is 6.70. The van der Waals surface area contributed by atoms with E-state index in [9.17, 15) is 4.79 Å². The highest BCUT2D eigenvalue weighted by atomic mass is 16.5. The van der Waals surface area contributed by atoms with Crippen molar-refractivity contribution in [3.05, 3.63) is 47.8 Å². The molecule has 0 aliphatic carbocycles. The van der Waals surface area contributed by atoms with Gasteiger partial charge in [0.2, 0.25) is 0 Å². The largest absolute Gasteiger partial charge is 0.480 e. The average molecular weight is 339 g/mol. The third-order valence-corrected chi connectivity index (χ3v) is 5.10. The predicted molar refractivity (Wildman–Crippen MR) is 92.1 cm³/mol. The number of likely N-dealkylation sites (tertiary alicyclic amines) is 1. The smallest absolute Gasteiger partial charge is 0.317 e. The van der Waals surface area contributed by atoms with Crippen LogP contribution in [0.2, 0.25) is 0 Å². The predicted octanol–water partition coefficient (Wildman–Crippen LogP) is 2.09. The molecule has 2 aliphatic rings. The highest BCUT2D eigenvalue weighted by molar-refractivity contribution is 5.69. The van der Waals surface area contributed by atoms with Crippen LogP contribution < -0.4 is 0 Å². The summed E-state index contributed by atoms with van der Waals surface area (Å²) in [7, 11) is 0. The summed E-state index contributed by atoms with van der Waals surface area (Å²) in [6.45, 7) is 2.16. The Morgan fingerprint density at radius 3 is 2.72 bits per heavy atom. The normalized spacial score (nSPS) is 19.5. The van der Waals surface area contributed by atoms with E-state index in [2.05, 4.69) is 4.98 Å². The molecule has 1 fully saturated rings. The molecule has 1 aromatic heterocycles. The van der Waals surface area contributed by atoms with Crippen molar-refractivity contribution in [3.8, 4) is 11.4 Å². The third-order valence-electron chi connectivity index (χ3n) is 5.10. The Labute approximate surface area is 146 Å². The second kappa shape index (κ2) is 6.54. The number of carbonyl (C=O) groups is 1. The molecule has 4 rings (SSSR count). The molecule has 3 heterocycles. The number of nitrogens with zero attached hydrogens (tertiary/aromatic N) is 3. The number of ether oxygens (including phenoxy) is 1. The van der Waals surface area contributed by atoms with Gasteiger partial charge in [0.05, 0.1) is 18.8 Å². The molecular weight excluding hydrogens is 318 g/mol. The molecule has 0 unspecified atom stereocenters. The van der Waals surface area contributed by atoms with Gasteiger partial charge in [0.15, 0.2) is 5.82 Å². The monoisotopic (exact) mass is 339 g/mol. The van der Waals surface area contributed by atoms with E-state index in [1.165, 1.54) is 0 Å². The first kappa shape index (κ1) is 16.2. The van der Waals surface area contributed by atoms with E-state index < -0.39 is 11.6 Å². The lowest BCUT2D eigenvalue weighted by atomic mass is 9.83. The number of rotatable bonds is 3. The van der Waals surface area contributed by atoms with Crippen LogP contribution in [0.1, 0.15) is 24.1 Å². The summed E-state index contributed by atoms with van der Waals surface area (Å²) in [6.07, 6.45) is 4.28. The molecule has 1 N–H and O–H groups in total. The minimum absolute atomic E-state index is 0.0853. The molecule has 0 atom stereocenters. The first-order valence-electron chi connectivity index (χ1n) is 8.66. The summed E-state index contributed by atoms with van der Waals surface area (Å²) < 4.78 is 6.21. The van der Waals surface area contributed by atoms with Crippen LogP contribution in [0.15, 0.2) is 36.5 Å². The van der Waals surface area contributed by atoms with Crippen molar-refractivity contribution in [2.45, 2.75) is 24.9 Å². The van der Waals surface area contributed by atoms with Gasteiger partial charge in [0.1, 0.15) is 5.60 Å². The molecule has 0 amide bonds. The van der Waals surface area contributed by atoms with Crippen LogP contribution in [-0.4, -0.2) is 52.2 Å². The Hall–Kier alpha value is -2.31. The Morgan fingerprint density at radius 2 is 2.00 bits per heavy atom. The van der Waals surface area contributed by atoms with E-state index in [0.29, 0.717) is 19.7 Å². The Kier molecular flexibility index (Phi) is 4.23. The van der Waals surface area contributed by atoms with Gasteiger partial charge < -0.3 is 9.84 Å². The zero-order chi connectivity index (χ0) is 17.3. The quantitative estimate of drug-likeness (QED) is 0.923. The topological polar surface area (TPSA) is 75.5 Å². The number of fused-ring (bicyclic) bond motifs is 2. The van der Waals surface area contributed by atoms with E-state index in [1.54, 1.807) is 0 Å². The number of hydrogen-bond acceptors (Lipinski definition) is 5. The van der Waals surface area contributed by atoms with Gasteiger partial charge in [0.25, 0.3) is 0 Å². The molecule has 0 bridgehead atoms. The lowest BCUT2D eigenvalue weighted by Gasteiger charge is -2.43. The number of aromatic nitrogens is 2. The van der Waals surface area contributed by atoms with Gasteiger partial charge in [-0.2, -0.15) is 0 Å². The number of benzene rings is 1. The number of aliphatic carboxylic acids is 1. The SMILES string of the molecule is O=C(O)CN1CCC2(CC1)OCCc1cnc(-c3ccccc3)nc12. The van der Waals surface area contributed by atoms with Crippen LogP contribution in [0.25, 0.3) is 11.4 Å². The van der Waals surface area contributed by atoms with Crippen molar-refractivity contribution in [2.75, 3.05) is 26.2 Å². The maximum atomic E-state index is 10.9. The summed E-state index contributed by atoms with van der Waals surface area (Å²) >= 11 is 0. The summed E-state index contributed by atoms with van der Waals surface area (Å²) in [5.74, 6) is -0.0632. The number of carboxylic acids is 1. The minimum atomic E-state index is -0.783. The molecule has 1 aromatic carbocycles. The molecular formula is C19H21N3O3. The van der Waals surface area contributed by atoms with Gasteiger partial charge in [-0.25, -0.2) is 9.97 Å². The fraction of sp³-hybridized carbons (Fsp3) is 0.421. The van der Waals surface area contributed by atoms with E-state index in [1.807, 2.05) is 41.4 Å². The maximum absolute atomic E-state index is 10.9. The number of carboxylic acid groups (broad SMARTS) is 1. The molecule has 2 aliphatic heterocycles. The van der Waals surface area contributed by atoms with Crippen LogP contribution in [-0.2, 0) is 21.6 Å². The number of hydrogen-bond donors (Lipinski definition) is 1. The first-order chi connectivity index (χ1) is 12.2. The van der Waals surface area contributed by atoms with Crippen molar-refractivity contribution in [1.29, 1.82) is 0 Å². The van der Waals surface area contributed by atoms with Gasteiger partial charge in [-0.1, -0.05) is 30.3 Å². The molecule has 0 saturated carbocycles. The lowest BCUT2D eigenvalue weighted by Crippen LogP contribution is -2.48. The van der Waals surface area contributed by atoms with E-state index in [0.717, 1.165) is 41.9 Å². The van der Waals surface area contributed by atoms with Crippen LogP contribution in [0, 0.1) is 0 Å². The Bertz CT molecular complexity index is 771. The van der Waals surface area contributed by atoms with E-state index in [4.69, 9.17) is 14.8 Å². The van der Waals surface area contributed by atoms with Crippen LogP contribution >= 0.6 is 0 Å². The van der Waals surface area contributed by atoms with Crippen LogP contribution in [0.3, 0.4) is 0 Å². The molecule has 6 heteroatoms. The zero-order valence-corrected chi connectivity index (χ0v) is 14.0. The lowest BCUT2D eigenvalue weighted by molar-refractivity contribution is -0.141. The summed E-state index contributed by atoms with van der Waals surface area (Å²) in [5.41, 5.74) is 2.73. The highest BCUT2D eigenvalue weighted by Crippen LogP contribution is 2.40. The van der Waals surface area contributed by atoms with Gasteiger partial charge in [0, 0.05) is 24.8 Å². The van der Waals surface area contributed by atoms with Crippen molar-refractivity contribution >= 4 is 5.97 Å². The Morgan fingerprint density at radius 1 is 1.24 bits per heavy atom. The fourth-order valence-corrected chi connectivity index (χ4v) is 3.78.